The molecule has 0 saturated heterocycles. The second-order valence-electron chi connectivity index (χ2n) is 5.94. The first-order valence-electron chi connectivity index (χ1n) is 7.28. The van der Waals surface area contributed by atoms with Gasteiger partial charge in [-0.3, -0.25) is 4.79 Å². The highest BCUT2D eigenvalue weighted by Gasteiger charge is 2.37. The number of carbonyl (C=O) groups excluding carboxylic acids is 2. The number of hydrogen-bond acceptors (Lipinski definition) is 6. The molecular formula is C16H17F3N2O4. The maximum absolute atomic E-state index is 12.9. The van der Waals surface area contributed by atoms with E-state index in [2.05, 4.69) is 4.98 Å². The van der Waals surface area contributed by atoms with Crippen molar-refractivity contribution >= 4 is 11.9 Å². The molecule has 0 aromatic carbocycles. The molecule has 0 saturated carbocycles. The van der Waals surface area contributed by atoms with Crippen molar-refractivity contribution in [3.63, 3.8) is 0 Å². The Balaban J connectivity index is 3.47. The fourth-order valence-electron chi connectivity index (χ4n) is 1.82. The molecule has 6 nitrogen and oxygen atoms in total. The number of esters is 2. The topological polar surface area (TPSA) is 89.3 Å². The third-order valence-corrected chi connectivity index (χ3v) is 2.76. The van der Waals surface area contributed by atoms with Gasteiger partial charge in [0.1, 0.15) is 11.3 Å². The molecule has 0 fully saturated rings. The summed E-state index contributed by atoms with van der Waals surface area (Å²) in [5.74, 6) is -3.89. The van der Waals surface area contributed by atoms with Gasteiger partial charge in [-0.25, -0.2) is 9.78 Å². The Hall–Kier alpha value is -2.63. The van der Waals surface area contributed by atoms with Crippen molar-refractivity contribution in [3.05, 3.63) is 29.1 Å². The number of pyridine rings is 1. The Morgan fingerprint density at radius 3 is 2.32 bits per heavy atom. The highest BCUT2D eigenvalue weighted by molar-refractivity contribution is 5.93. The first kappa shape index (κ1) is 20.4. The van der Waals surface area contributed by atoms with E-state index in [1.54, 1.807) is 6.07 Å². The van der Waals surface area contributed by atoms with E-state index in [1.807, 2.05) is 0 Å². The lowest BCUT2D eigenvalue weighted by Gasteiger charge is -2.22. The lowest BCUT2D eigenvalue weighted by atomic mass is 10.00. The molecule has 1 aromatic heterocycles. The van der Waals surface area contributed by atoms with Crippen LogP contribution in [-0.2, 0) is 20.4 Å². The van der Waals surface area contributed by atoms with Crippen molar-refractivity contribution in [1.82, 2.24) is 4.98 Å². The zero-order valence-corrected chi connectivity index (χ0v) is 14.1. The second-order valence-corrected chi connectivity index (χ2v) is 5.94. The number of ether oxygens (including phenoxy) is 2. The van der Waals surface area contributed by atoms with Crippen molar-refractivity contribution in [2.45, 2.75) is 45.4 Å². The molecule has 1 heterocycles. The maximum atomic E-state index is 12.9. The highest BCUT2D eigenvalue weighted by Crippen LogP contribution is 2.31. The zero-order valence-electron chi connectivity index (χ0n) is 14.1. The number of halogens is 3. The summed E-state index contributed by atoms with van der Waals surface area (Å²) >= 11 is 0. The van der Waals surface area contributed by atoms with E-state index in [9.17, 15) is 28.0 Å². The number of nitriles is 1. The number of aromatic nitrogens is 1. The van der Waals surface area contributed by atoms with E-state index in [4.69, 9.17) is 9.47 Å². The normalized spacial score (nSPS) is 12.9. The summed E-state index contributed by atoms with van der Waals surface area (Å²) in [7, 11) is 0. The van der Waals surface area contributed by atoms with Gasteiger partial charge in [-0.2, -0.15) is 18.4 Å². The van der Waals surface area contributed by atoms with Crippen LogP contribution in [0.5, 0.6) is 0 Å². The van der Waals surface area contributed by atoms with Gasteiger partial charge in [0.05, 0.1) is 23.9 Å². The average molecular weight is 358 g/mol. The van der Waals surface area contributed by atoms with Crippen LogP contribution in [0.15, 0.2) is 12.1 Å². The van der Waals surface area contributed by atoms with E-state index in [0.29, 0.717) is 6.07 Å². The Labute approximate surface area is 142 Å². The number of nitrogens with zero attached hydrogens (tertiary/aromatic N) is 2. The quantitative estimate of drug-likeness (QED) is 0.768. The van der Waals surface area contributed by atoms with Crippen LogP contribution in [0.1, 0.15) is 55.4 Å². The van der Waals surface area contributed by atoms with Crippen molar-refractivity contribution in [2.75, 3.05) is 6.61 Å². The number of alkyl halides is 3. The Morgan fingerprint density at radius 1 is 1.28 bits per heavy atom. The zero-order chi connectivity index (χ0) is 19.4. The van der Waals surface area contributed by atoms with E-state index < -0.39 is 46.6 Å². The van der Waals surface area contributed by atoms with Crippen LogP contribution in [-0.4, -0.2) is 29.1 Å². The molecule has 9 heteroatoms. The van der Waals surface area contributed by atoms with Gasteiger partial charge in [0.25, 0.3) is 0 Å². The van der Waals surface area contributed by atoms with Gasteiger partial charge in [-0.1, -0.05) is 0 Å². The van der Waals surface area contributed by atoms with Gasteiger partial charge in [-0.15, -0.1) is 0 Å². The molecule has 0 N–H and O–H groups in total. The van der Waals surface area contributed by atoms with Crippen molar-refractivity contribution in [3.8, 4) is 6.07 Å². The molecule has 1 unspecified atom stereocenters. The van der Waals surface area contributed by atoms with E-state index in [1.165, 1.54) is 27.7 Å². The molecule has 136 valence electrons. The lowest BCUT2D eigenvalue weighted by Crippen LogP contribution is -2.29. The number of rotatable bonds is 4. The molecule has 0 amide bonds. The first-order chi connectivity index (χ1) is 11.4. The van der Waals surface area contributed by atoms with Crippen molar-refractivity contribution in [2.24, 2.45) is 0 Å². The molecular weight excluding hydrogens is 341 g/mol. The summed E-state index contributed by atoms with van der Waals surface area (Å²) in [4.78, 5) is 27.4. The molecule has 1 aromatic rings. The summed E-state index contributed by atoms with van der Waals surface area (Å²) in [6, 6.07) is 2.96. The summed E-state index contributed by atoms with van der Waals surface area (Å²) in [6.07, 6.45) is -4.81. The maximum Gasteiger partial charge on any atom is 0.433 e. The van der Waals surface area contributed by atoms with E-state index >= 15 is 0 Å². The van der Waals surface area contributed by atoms with Crippen LogP contribution >= 0.6 is 0 Å². The van der Waals surface area contributed by atoms with Gasteiger partial charge in [0, 0.05) is 0 Å². The standard InChI is InChI=1S/C16H17F3N2O4/c1-5-24-13(22)9-6-7-11(16(17,18)19)21-12(9)10(8-20)14(23)25-15(2,3)4/h6-7,10H,5H2,1-4H3. The van der Waals surface area contributed by atoms with Gasteiger partial charge in [-0.05, 0) is 39.8 Å². The van der Waals surface area contributed by atoms with Crippen LogP contribution in [0.3, 0.4) is 0 Å². The van der Waals surface area contributed by atoms with Crippen LogP contribution in [0.25, 0.3) is 0 Å². The van der Waals surface area contributed by atoms with Crippen LogP contribution in [0.2, 0.25) is 0 Å². The predicted molar refractivity (Wildman–Crippen MR) is 79.4 cm³/mol. The average Bonchev–Trinajstić information content (AvgIpc) is 2.45. The Kier molecular flexibility index (Phi) is 6.13. The minimum atomic E-state index is -4.81. The fraction of sp³-hybridized carbons (Fsp3) is 0.500. The minimum Gasteiger partial charge on any atom is -0.462 e. The monoisotopic (exact) mass is 358 g/mol. The summed E-state index contributed by atoms with van der Waals surface area (Å²) in [5, 5.41) is 9.25. The fourth-order valence-corrected chi connectivity index (χ4v) is 1.82. The molecule has 0 radical (unpaired) electrons. The number of carbonyl (C=O) groups is 2. The smallest absolute Gasteiger partial charge is 0.433 e. The molecule has 0 aliphatic rings. The molecule has 25 heavy (non-hydrogen) atoms. The largest absolute Gasteiger partial charge is 0.462 e. The lowest BCUT2D eigenvalue weighted by molar-refractivity contribution is -0.155. The second kappa shape index (κ2) is 7.51. The summed E-state index contributed by atoms with van der Waals surface area (Å²) in [6.45, 7) is 6.06. The van der Waals surface area contributed by atoms with Crippen LogP contribution in [0.4, 0.5) is 13.2 Å². The van der Waals surface area contributed by atoms with E-state index in [-0.39, 0.29) is 6.61 Å². The SMILES string of the molecule is CCOC(=O)c1ccc(C(F)(F)F)nc1C(C#N)C(=O)OC(C)(C)C. The predicted octanol–water partition coefficient (Wildman–Crippen LogP) is 3.23. The Morgan fingerprint density at radius 2 is 1.88 bits per heavy atom. The molecule has 0 bridgehead atoms. The minimum absolute atomic E-state index is 0.0387. The van der Waals surface area contributed by atoms with Gasteiger partial charge >= 0.3 is 18.1 Å². The van der Waals surface area contributed by atoms with Gasteiger partial charge < -0.3 is 9.47 Å². The van der Waals surface area contributed by atoms with Crippen LogP contribution in [0, 0.1) is 11.3 Å². The molecule has 1 rings (SSSR count). The van der Waals surface area contributed by atoms with E-state index in [0.717, 1.165) is 6.07 Å². The van der Waals surface area contributed by atoms with Crippen molar-refractivity contribution in [1.29, 1.82) is 5.26 Å². The highest BCUT2D eigenvalue weighted by atomic mass is 19.4. The van der Waals surface area contributed by atoms with Crippen LogP contribution < -0.4 is 0 Å². The molecule has 0 aliphatic heterocycles. The summed E-state index contributed by atoms with van der Waals surface area (Å²) in [5.41, 5.74) is -3.35. The van der Waals surface area contributed by atoms with Gasteiger partial charge in [0.15, 0.2) is 5.92 Å². The molecule has 1 atom stereocenters. The molecule has 0 aliphatic carbocycles. The van der Waals surface area contributed by atoms with Crippen molar-refractivity contribution < 1.29 is 32.2 Å². The molecule has 0 spiro atoms. The Bertz CT molecular complexity index is 703. The third kappa shape index (κ3) is 5.45. The third-order valence-electron chi connectivity index (χ3n) is 2.76. The van der Waals surface area contributed by atoms with Gasteiger partial charge in [0.2, 0.25) is 0 Å². The first-order valence-corrected chi connectivity index (χ1v) is 7.28. The number of hydrogen-bond donors (Lipinski definition) is 0. The summed E-state index contributed by atoms with van der Waals surface area (Å²) < 4.78 is 48.5.